The maximum absolute atomic E-state index is 9.28. The Bertz CT molecular complexity index is 555. The highest BCUT2D eigenvalue weighted by Crippen LogP contribution is 2.23. The van der Waals surface area contributed by atoms with Gasteiger partial charge in [-0.25, -0.2) is 9.97 Å². The molecule has 1 atom stereocenters. The van der Waals surface area contributed by atoms with E-state index in [1.165, 1.54) is 17.5 Å². The average Bonchev–Trinajstić information content (AvgIpc) is 2.36. The van der Waals surface area contributed by atoms with Crippen LogP contribution in [0.3, 0.4) is 0 Å². The van der Waals surface area contributed by atoms with Crippen LogP contribution < -0.4 is 0 Å². The number of hydrogen-bond donors (Lipinski definition) is 0. The van der Waals surface area contributed by atoms with E-state index in [9.17, 15) is 5.26 Å². The quantitative estimate of drug-likeness (QED) is 0.786. The van der Waals surface area contributed by atoms with E-state index in [-0.39, 0.29) is 5.92 Å². The van der Waals surface area contributed by atoms with Gasteiger partial charge in [0.1, 0.15) is 12.2 Å². The molecule has 0 spiro atoms. The fourth-order valence-electron chi connectivity index (χ4n) is 1.73. The molecule has 3 heteroatoms. The summed E-state index contributed by atoms with van der Waals surface area (Å²) >= 11 is 0. The summed E-state index contributed by atoms with van der Waals surface area (Å²) in [5.74, 6) is -0.322. The number of hydrogen-bond acceptors (Lipinski definition) is 3. The number of aryl methyl sites for hydroxylation is 2. The minimum Gasteiger partial charge on any atom is -0.245 e. The molecule has 1 unspecified atom stereocenters. The maximum Gasteiger partial charge on any atom is 0.115 e. The van der Waals surface area contributed by atoms with Gasteiger partial charge < -0.3 is 0 Å². The van der Waals surface area contributed by atoms with Gasteiger partial charge in [-0.05, 0) is 36.6 Å². The van der Waals surface area contributed by atoms with Crippen molar-refractivity contribution in [2.24, 2.45) is 0 Å². The Morgan fingerprint density at radius 1 is 1.18 bits per heavy atom. The third-order valence-corrected chi connectivity index (χ3v) is 2.89. The third-order valence-electron chi connectivity index (χ3n) is 2.89. The van der Waals surface area contributed by atoms with Crippen LogP contribution >= 0.6 is 0 Å². The van der Waals surface area contributed by atoms with Crippen molar-refractivity contribution >= 4 is 0 Å². The van der Waals surface area contributed by atoms with E-state index >= 15 is 0 Å². The molecule has 0 radical (unpaired) electrons. The van der Waals surface area contributed by atoms with Crippen LogP contribution in [0.25, 0.3) is 0 Å². The normalized spacial score (nSPS) is 11.8. The van der Waals surface area contributed by atoms with Crippen LogP contribution in [0.2, 0.25) is 0 Å². The van der Waals surface area contributed by atoms with Crippen LogP contribution in [0.1, 0.15) is 28.3 Å². The largest absolute Gasteiger partial charge is 0.245 e. The van der Waals surface area contributed by atoms with Crippen molar-refractivity contribution in [2.45, 2.75) is 19.8 Å². The zero-order valence-electron chi connectivity index (χ0n) is 9.88. The third kappa shape index (κ3) is 2.31. The molecule has 0 amide bonds. The summed E-state index contributed by atoms with van der Waals surface area (Å²) in [6, 6.07) is 10.1. The summed E-state index contributed by atoms with van der Waals surface area (Å²) in [7, 11) is 0. The molecule has 2 aromatic rings. The molecule has 0 saturated heterocycles. The first-order chi connectivity index (χ1) is 8.22. The van der Waals surface area contributed by atoms with Gasteiger partial charge in [-0.15, -0.1) is 0 Å². The topological polar surface area (TPSA) is 49.6 Å². The van der Waals surface area contributed by atoms with Crippen LogP contribution in [0.4, 0.5) is 0 Å². The van der Waals surface area contributed by atoms with Gasteiger partial charge >= 0.3 is 0 Å². The Morgan fingerprint density at radius 2 is 2.00 bits per heavy atom. The highest BCUT2D eigenvalue weighted by Gasteiger charge is 2.14. The van der Waals surface area contributed by atoms with E-state index in [4.69, 9.17) is 0 Å². The Labute approximate surface area is 101 Å². The first-order valence-corrected chi connectivity index (χ1v) is 5.45. The van der Waals surface area contributed by atoms with Gasteiger partial charge in [0.25, 0.3) is 0 Å². The first kappa shape index (κ1) is 11.3. The second-order valence-electron chi connectivity index (χ2n) is 4.04. The van der Waals surface area contributed by atoms with E-state index in [2.05, 4.69) is 23.0 Å². The number of benzene rings is 1. The minimum absolute atomic E-state index is 0.322. The van der Waals surface area contributed by atoms with Crippen LogP contribution in [-0.2, 0) is 0 Å². The molecular weight excluding hydrogens is 210 g/mol. The second kappa shape index (κ2) is 4.75. The van der Waals surface area contributed by atoms with E-state index in [1.54, 1.807) is 12.3 Å². The maximum atomic E-state index is 9.28. The van der Waals surface area contributed by atoms with Crippen molar-refractivity contribution in [1.82, 2.24) is 9.97 Å². The summed E-state index contributed by atoms with van der Waals surface area (Å²) in [4.78, 5) is 8.01. The van der Waals surface area contributed by atoms with Gasteiger partial charge in [0.2, 0.25) is 0 Å². The molecule has 0 saturated carbocycles. The Balaban J connectivity index is 2.44. The SMILES string of the molecule is Cc1ccc(C(C#N)c2ccncn2)cc1C. The van der Waals surface area contributed by atoms with Crippen molar-refractivity contribution in [2.75, 3.05) is 0 Å². The predicted molar refractivity (Wildman–Crippen MR) is 65.4 cm³/mol. The van der Waals surface area contributed by atoms with Crippen molar-refractivity contribution in [3.8, 4) is 6.07 Å². The number of nitrogens with zero attached hydrogens (tertiary/aromatic N) is 3. The van der Waals surface area contributed by atoms with Crippen LogP contribution in [0.5, 0.6) is 0 Å². The number of rotatable bonds is 2. The van der Waals surface area contributed by atoms with Gasteiger partial charge in [0.15, 0.2) is 0 Å². The lowest BCUT2D eigenvalue weighted by Crippen LogP contribution is -2.01. The number of aromatic nitrogens is 2. The molecule has 0 aliphatic rings. The van der Waals surface area contributed by atoms with E-state index in [0.29, 0.717) is 0 Å². The molecule has 2 rings (SSSR count). The summed E-state index contributed by atoms with van der Waals surface area (Å²) in [6.07, 6.45) is 3.13. The number of nitriles is 1. The molecule has 0 N–H and O–H groups in total. The molecular formula is C14H13N3. The van der Waals surface area contributed by atoms with Gasteiger partial charge in [-0.3, -0.25) is 0 Å². The highest BCUT2D eigenvalue weighted by atomic mass is 14.8. The lowest BCUT2D eigenvalue weighted by Gasteiger charge is -2.10. The highest BCUT2D eigenvalue weighted by molar-refractivity contribution is 5.38. The molecule has 1 heterocycles. The predicted octanol–water partition coefficient (Wildman–Crippen LogP) is 2.75. The summed E-state index contributed by atoms with van der Waals surface area (Å²) < 4.78 is 0. The Morgan fingerprint density at radius 3 is 2.59 bits per heavy atom. The fourth-order valence-corrected chi connectivity index (χ4v) is 1.73. The van der Waals surface area contributed by atoms with Crippen molar-refractivity contribution in [3.05, 3.63) is 59.2 Å². The molecule has 0 fully saturated rings. The lowest BCUT2D eigenvalue weighted by molar-refractivity contribution is 0.940. The standard InChI is InChI=1S/C14H13N3/c1-10-3-4-12(7-11(10)2)13(8-15)14-5-6-16-9-17-14/h3-7,9,13H,1-2H3. The summed E-state index contributed by atoms with van der Waals surface area (Å²) in [5, 5.41) is 9.28. The lowest BCUT2D eigenvalue weighted by atomic mass is 9.94. The van der Waals surface area contributed by atoms with Crippen LogP contribution in [-0.4, -0.2) is 9.97 Å². The van der Waals surface area contributed by atoms with Gasteiger partial charge in [-0.1, -0.05) is 18.2 Å². The smallest absolute Gasteiger partial charge is 0.115 e. The molecule has 0 aliphatic heterocycles. The minimum atomic E-state index is -0.322. The van der Waals surface area contributed by atoms with Crippen molar-refractivity contribution < 1.29 is 0 Å². The molecule has 17 heavy (non-hydrogen) atoms. The molecule has 84 valence electrons. The van der Waals surface area contributed by atoms with Gasteiger partial charge in [0, 0.05) is 6.20 Å². The Kier molecular flexibility index (Phi) is 3.15. The van der Waals surface area contributed by atoms with E-state index in [1.807, 2.05) is 25.1 Å². The van der Waals surface area contributed by atoms with E-state index < -0.39 is 0 Å². The van der Waals surface area contributed by atoms with Crippen LogP contribution in [0, 0.1) is 25.2 Å². The molecule has 1 aromatic heterocycles. The zero-order chi connectivity index (χ0) is 12.3. The summed E-state index contributed by atoms with van der Waals surface area (Å²) in [5.41, 5.74) is 4.14. The van der Waals surface area contributed by atoms with E-state index in [0.717, 1.165) is 11.3 Å². The second-order valence-corrected chi connectivity index (χ2v) is 4.04. The Hall–Kier alpha value is -2.21. The van der Waals surface area contributed by atoms with Crippen molar-refractivity contribution in [3.63, 3.8) is 0 Å². The van der Waals surface area contributed by atoms with Gasteiger partial charge in [0.05, 0.1) is 11.8 Å². The summed E-state index contributed by atoms with van der Waals surface area (Å²) in [6.45, 7) is 4.11. The van der Waals surface area contributed by atoms with Crippen LogP contribution in [0.15, 0.2) is 36.8 Å². The fraction of sp³-hybridized carbons (Fsp3) is 0.214. The molecule has 3 nitrogen and oxygen atoms in total. The van der Waals surface area contributed by atoms with Gasteiger partial charge in [-0.2, -0.15) is 5.26 Å². The molecule has 0 aliphatic carbocycles. The molecule has 1 aromatic carbocycles. The first-order valence-electron chi connectivity index (χ1n) is 5.45. The zero-order valence-corrected chi connectivity index (χ0v) is 9.88. The van der Waals surface area contributed by atoms with Crippen molar-refractivity contribution in [1.29, 1.82) is 5.26 Å². The average molecular weight is 223 g/mol. The monoisotopic (exact) mass is 223 g/mol. The molecule has 0 bridgehead atoms.